The Balaban J connectivity index is 0.00000182. The lowest BCUT2D eigenvalue weighted by atomic mass is 10.0. The van der Waals surface area contributed by atoms with Gasteiger partial charge in [-0.1, -0.05) is 0 Å². The van der Waals surface area contributed by atoms with E-state index >= 15 is 0 Å². The van der Waals surface area contributed by atoms with E-state index in [-0.39, 0.29) is 36.1 Å². The number of likely N-dealkylation sites (tertiary alicyclic amines) is 1. The van der Waals surface area contributed by atoms with Crippen LogP contribution in [0.2, 0.25) is 0 Å². The number of carbonyl (C=O) groups is 2. The average molecular weight is 361 g/mol. The molecule has 7 nitrogen and oxygen atoms in total. The first kappa shape index (κ1) is 17.3. The Kier molecular flexibility index (Phi) is 4.67. The smallest absolute Gasteiger partial charge is 0.311 e. The van der Waals surface area contributed by atoms with Crippen LogP contribution < -0.4 is 0 Å². The summed E-state index contributed by atoms with van der Waals surface area (Å²) in [5.74, 6) is 0.129. The highest BCUT2D eigenvalue weighted by molar-refractivity contribution is 5.96. The molecule has 2 aliphatic heterocycles. The van der Waals surface area contributed by atoms with E-state index in [1.165, 1.54) is 0 Å². The summed E-state index contributed by atoms with van der Waals surface area (Å²) >= 11 is 0. The molecule has 0 saturated carbocycles. The Hall–Kier alpha value is -2.54. The quantitative estimate of drug-likeness (QED) is 0.755. The fourth-order valence-corrected chi connectivity index (χ4v) is 3.25. The Bertz CT molecular complexity index is 815. The lowest BCUT2D eigenvalue weighted by molar-refractivity contribution is -0.141. The maximum atomic E-state index is 12.7. The number of rotatable bonds is 2. The fourth-order valence-electron chi connectivity index (χ4n) is 3.25. The SMILES string of the molecule is Cc1nc(-c2cccnc2)ncc1C(=O)N1C[C@@H]2COC(=O)[C@@H]2C1.Cl. The van der Waals surface area contributed by atoms with Crippen LogP contribution in [-0.4, -0.2) is 51.4 Å². The molecule has 0 bridgehead atoms. The molecule has 0 unspecified atom stereocenters. The molecular formula is C17H17ClN4O3. The van der Waals surface area contributed by atoms with Gasteiger partial charge in [-0.2, -0.15) is 0 Å². The van der Waals surface area contributed by atoms with Crippen molar-refractivity contribution in [2.24, 2.45) is 11.8 Å². The molecule has 1 amide bonds. The van der Waals surface area contributed by atoms with Crippen LogP contribution in [-0.2, 0) is 9.53 Å². The summed E-state index contributed by atoms with van der Waals surface area (Å²) in [6.07, 6.45) is 4.92. The van der Waals surface area contributed by atoms with E-state index in [9.17, 15) is 9.59 Å². The van der Waals surface area contributed by atoms with Gasteiger partial charge in [0, 0.05) is 43.2 Å². The Morgan fingerprint density at radius 3 is 2.84 bits per heavy atom. The van der Waals surface area contributed by atoms with Crippen LogP contribution in [0.25, 0.3) is 11.4 Å². The van der Waals surface area contributed by atoms with E-state index < -0.39 is 0 Å². The zero-order valence-electron chi connectivity index (χ0n) is 13.6. The maximum Gasteiger partial charge on any atom is 0.311 e. The van der Waals surface area contributed by atoms with Crippen molar-refractivity contribution >= 4 is 24.3 Å². The molecule has 0 N–H and O–H groups in total. The lowest BCUT2D eigenvalue weighted by Crippen LogP contribution is -2.31. The molecule has 0 spiro atoms. The Morgan fingerprint density at radius 1 is 1.32 bits per heavy atom. The third-order valence-electron chi connectivity index (χ3n) is 4.60. The summed E-state index contributed by atoms with van der Waals surface area (Å²) in [6.45, 7) is 3.15. The molecule has 2 aromatic rings. The average Bonchev–Trinajstić information content (AvgIpc) is 3.17. The summed E-state index contributed by atoms with van der Waals surface area (Å²) in [6, 6.07) is 3.69. The van der Waals surface area contributed by atoms with E-state index in [4.69, 9.17) is 4.74 Å². The molecule has 2 aliphatic rings. The van der Waals surface area contributed by atoms with Crippen molar-refractivity contribution in [2.75, 3.05) is 19.7 Å². The van der Waals surface area contributed by atoms with Crippen molar-refractivity contribution in [3.05, 3.63) is 42.0 Å². The number of halogens is 1. The van der Waals surface area contributed by atoms with Crippen LogP contribution in [0.15, 0.2) is 30.7 Å². The van der Waals surface area contributed by atoms with Crippen LogP contribution >= 0.6 is 12.4 Å². The molecule has 25 heavy (non-hydrogen) atoms. The number of nitrogens with zero attached hydrogens (tertiary/aromatic N) is 4. The Morgan fingerprint density at radius 2 is 2.16 bits per heavy atom. The van der Waals surface area contributed by atoms with Gasteiger partial charge in [0.2, 0.25) is 0 Å². The van der Waals surface area contributed by atoms with Gasteiger partial charge in [-0.3, -0.25) is 14.6 Å². The van der Waals surface area contributed by atoms with Gasteiger partial charge in [0.1, 0.15) is 0 Å². The van der Waals surface area contributed by atoms with Crippen molar-refractivity contribution in [3.63, 3.8) is 0 Å². The zero-order valence-corrected chi connectivity index (χ0v) is 14.4. The topological polar surface area (TPSA) is 85.3 Å². The van der Waals surface area contributed by atoms with E-state index in [2.05, 4.69) is 15.0 Å². The van der Waals surface area contributed by atoms with Gasteiger partial charge in [0.15, 0.2) is 5.82 Å². The Labute approximate surface area is 150 Å². The molecule has 130 valence electrons. The predicted octanol–water partition coefficient (Wildman–Crippen LogP) is 1.51. The van der Waals surface area contributed by atoms with E-state index in [1.54, 1.807) is 30.4 Å². The number of aromatic nitrogens is 3. The largest absolute Gasteiger partial charge is 0.465 e. The van der Waals surface area contributed by atoms with Gasteiger partial charge < -0.3 is 9.64 Å². The monoisotopic (exact) mass is 360 g/mol. The molecular weight excluding hydrogens is 344 g/mol. The summed E-state index contributed by atoms with van der Waals surface area (Å²) in [7, 11) is 0. The van der Waals surface area contributed by atoms with Crippen LogP contribution in [0.4, 0.5) is 0 Å². The molecule has 2 fully saturated rings. The fraction of sp³-hybridized carbons (Fsp3) is 0.353. The number of carbonyl (C=O) groups excluding carboxylic acids is 2. The molecule has 0 aliphatic carbocycles. The van der Waals surface area contributed by atoms with E-state index in [0.29, 0.717) is 36.8 Å². The highest BCUT2D eigenvalue weighted by Gasteiger charge is 2.45. The van der Waals surface area contributed by atoms with Crippen LogP contribution in [0.3, 0.4) is 0 Å². The summed E-state index contributed by atoms with van der Waals surface area (Å²) in [5.41, 5.74) is 1.89. The summed E-state index contributed by atoms with van der Waals surface area (Å²) in [5, 5.41) is 0. The van der Waals surface area contributed by atoms with Crippen molar-refractivity contribution < 1.29 is 14.3 Å². The number of hydrogen-bond donors (Lipinski definition) is 0. The first-order valence-electron chi connectivity index (χ1n) is 7.83. The van der Waals surface area contributed by atoms with E-state index in [1.807, 2.05) is 12.1 Å². The van der Waals surface area contributed by atoms with Gasteiger partial charge in [0.25, 0.3) is 5.91 Å². The zero-order chi connectivity index (χ0) is 16.7. The molecule has 4 heterocycles. The second kappa shape index (κ2) is 6.76. The van der Waals surface area contributed by atoms with Crippen molar-refractivity contribution in [1.82, 2.24) is 19.9 Å². The van der Waals surface area contributed by atoms with Crippen LogP contribution in [0.5, 0.6) is 0 Å². The number of pyridine rings is 1. The molecule has 0 radical (unpaired) electrons. The second-order valence-electron chi connectivity index (χ2n) is 6.14. The molecule has 8 heteroatoms. The molecule has 4 rings (SSSR count). The third kappa shape index (κ3) is 3.07. The number of ether oxygens (including phenoxy) is 1. The molecule has 2 aromatic heterocycles. The highest BCUT2D eigenvalue weighted by Crippen LogP contribution is 2.31. The van der Waals surface area contributed by atoms with Crippen molar-refractivity contribution in [2.45, 2.75) is 6.92 Å². The molecule has 0 aromatic carbocycles. The third-order valence-corrected chi connectivity index (χ3v) is 4.60. The van der Waals surface area contributed by atoms with Gasteiger partial charge in [-0.15, -0.1) is 12.4 Å². The number of hydrogen-bond acceptors (Lipinski definition) is 6. The van der Waals surface area contributed by atoms with Crippen molar-refractivity contribution in [3.8, 4) is 11.4 Å². The van der Waals surface area contributed by atoms with Gasteiger partial charge in [-0.25, -0.2) is 9.97 Å². The number of cyclic esters (lactones) is 1. The van der Waals surface area contributed by atoms with Gasteiger partial charge in [-0.05, 0) is 19.1 Å². The van der Waals surface area contributed by atoms with Gasteiger partial charge in [0.05, 0.1) is 23.8 Å². The van der Waals surface area contributed by atoms with Crippen molar-refractivity contribution in [1.29, 1.82) is 0 Å². The normalized spacial score (nSPS) is 21.5. The first-order valence-corrected chi connectivity index (χ1v) is 7.83. The first-order chi connectivity index (χ1) is 11.6. The van der Waals surface area contributed by atoms with E-state index in [0.717, 1.165) is 5.56 Å². The second-order valence-corrected chi connectivity index (χ2v) is 6.14. The number of amides is 1. The lowest BCUT2D eigenvalue weighted by Gasteiger charge is -2.18. The van der Waals surface area contributed by atoms with Crippen LogP contribution in [0.1, 0.15) is 16.1 Å². The molecule has 2 saturated heterocycles. The van der Waals surface area contributed by atoms with Gasteiger partial charge >= 0.3 is 5.97 Å². The number of fused-ring (bicyclic) bond motifs is 1. The minimum Gasteiger partial charge on any atom is -0.465 e. The predicted molar refractivity (Wildman–Crippen MR) is 91.1 cm³/mol. The molecule has 2 atom stereocenters. The number of aryl methyl sites for hydroxylation is 1. The minimum atomic E-state index is -0.199. The summed E-state index contributed by atoms with van der Waals surface area (Å²) in [4.78, 5) is 38.9. The highest BCUT2D eigenvalue weighted by atomic mass is 35.5. The van der Waals surface area contributed by atoms with Crippen LogP contribution in [0, 0.1) is 18.8 Å². The maximum absolute atomic E-state index is 12.7. The summed E-state index contributed by atoms with van der Waals surface area (Å²) < 4.78 is 5.03. The minimum absolute atomic E-state index is 0. The standard InChI is InChI=1S/C17H16N4O3.ClH/c1-10-13(6-19-15(20-10)11-3-2-4-18-5-11)16(22)21-7-12-9-24-17(23)14(12)8-21;/h2-6,12,14H,7-9H2,1H3;1H/t12-,14-;/m1./s1. The number of esters is 1.